The molecule has 158 valence electrons. The minimum Gasteiger partial charge on any atom is -0.444 e. The van der Waals surface area contributed by atoms with Crippen LogP contribution in [0.3, 0.4) is 0 Å². The number of alkyl carbamates (subject to hydrolysis) is 1. The Bertz CT molecular complexity index is 643. The molecule has 1 atom stereocenters. The van der Waals surface area contributed by atoms with Gasteiger partial charge in [0.25, 0.3) is 0 Å². The number of ether oxygens (including phenoxy) is 1. The molecule has 0 saturated carbocycles. The first-order chi connectivity index (χ1) is 12.8. The molecule has 1 aliphatic heterocycles. The predicted octanol–water partition coefficient (Wildman–Crippen LogP) is 2.88. The van der Waals surface area contributed by atoms with Gasteiger partial charge in [-0.25, -0.2) is 4.79 Å². The molecule has 7 nitrogen and oxygen atoms in total. The van der Waals surface area contributed by atoms with Crippen LogP contribution in [-0.4, -0.2) is 56.9 Å². The van der Waals surface area contributed by atoms with Gasteiger partial charge in [0, 0.05) is 45.0 Å². The van der Waals surface area contributed by atoms with Gasteiger partial charge in [-0.15, -0.1) is 24.0 Å². The molecule has 28 heavy (non-hydrogen) atoms. The summed E-state index contributed by atoms with van der Waals surface area (Å²) in [6.45, 7) is 10.7. The molecule has 0 bridgehead atoms. The largest absolute Gasteiger partial charge is 0.444 e. The van der Waals surface area contributed by atoms with Crippen LogP contribution in [0.25, 0.3) is 0 Å². The van der Waals surface area contributed by atoms with E-state index in [1.165, 1.54) is 11.3 Å². The van der Waals surface area contributed by atoms with Crippen LogP contribution < -0.4 is 20.9 Å². The van der Waals surface area contributed by atoms with E-state index in [1.807, 2.05) is 20.8 Å². The Morgan fingerprint density at radius 3 is 2.46 bits per heavy atom. The van der Waals surface area contributed by atoms with Gasteiger partial charge in [0.2, 0.25) is 0 Å². The third kappa shape index (κ3) is 8.53. The molecular formula is C20H34IN5O2. The van der Waals surface area contributed by atoms with Gasteiger partial charge in [-0.05, 0) is 46.2 Å². The number of nitrogens with zero attached hydrogens (tertiary/aromatic N) is 2. The van der Waals surface area contributed by atoms with E-state index < -0.39 is 11.7 Å². The molecule has 1 aromatic carbocycles. The van der Waals surface area contributed by atoms with Crippen molar-refractivity contribution in [3.8, 4) is 0 Å². The number of halogens is 1. The summed E-state index contributed by atoms with van der Waals surface area (Å²) in [6, 6.07) is 8.99. The fourth-order valence-electron chi connectivity index (χ4n) is 2.92. The number of nitrogens with one attached hydrogen (secondary N) is 3. The van der Waals surface area contributed by atoms with Crippen molar-refractivity contribution in [3.05, 3.63) is 29.8 Å². The van der Waals surface area contributed by atoms with Crippen LogP contribution in [0.1, 0.15) is 32.8 Å². The zero-order chi connectivity index (χ0) is 19.9. The molecule has 1 aromatic rings. The fraction of sp³-hybridized carbons (Fsp3) is 0.600. The molecule has 1 saturated heterocycles. The van der Waals surface area contributed by atoms with Gasteiger partial charge >= 0.3 is 6.09 Å². The van der Waals surface area contributed by atoms with Gasteiger partial charge < -0.3 is 25.6 Å². The minimum atomic E-state index is -0.485. The maximum Gasteiger partial charge on any atom is 0.407 e. The maximum absolute atomic E-state index is 11.6. The van der Waals surface area contributed by atoms with Crippen molar-refractivity contribution in [1.29, 1.82) is 0 Å². The van der Waals surface area contributed by atoms with Crippen molar-refractivity contribution >= 4 is 41.7 Å². The second-order valence-electron chi connectivity index (χ2n) is 7.84. The van der Waals surface area contributed by atoms with Crippen LogP contribution in [0.5, 0.6) is 0 Å². The first-order valence-corrected chi connectivity index (χ1v) is 9.52. The molecule has 1 aliphatic rings. The second-order valence-corrected chi connectivity index (χ2v) is 7.84. The fourth-order valence-corrected chi connectivity index (χ4v) is 2.92. The predicted molar refractivity (Wildman–Crippen MR) is 126 cm³/mol. The average Bonchev–Trinajstić information content (AvgIpc) is 3.05. The third-order valence-corrected chi connectivity index (χ3v) is 4.24. The number of aryl methyl sites for hydroxylation is 1. The number of guanidine groups is 1. The number of anilines is 1. The van der Waals surface area contributed by atoms with Crippen molar-refractivity contribution in [2.24, 2.45) is 4.99 Å². The highest BCUT2D eigenvalue weighted by atomic mass is 127. The number of amides is 1. The third-order valence-electron chi connectivity index (χ3n) is 4.24. The summed E-state index contributed by atoms with van der Waals surface area (Å²) in [5.41, 5.74) is 2.05. The number of carbonyl (C=O) groups excluding carboxylic acids is 1. The van der Waals surface area contributed by atoms with E-state index >= 15 is 0 Å². The van der Waals surface area contributed by atoms with Crippen molar-refractivity contribution in [1.82, 2.24) is 16.0 Å². The van der Waals surface area contributed by atoms with E-state index in [1.54, 1.807) is 7.05 Å². The first kappa shape index (κ1) is 24.3. The van der Waals surface area contributed by atoms with Crippen molar-refractivity contribution in [2.75, 3.05) is 38.1 Å². The van der Waals surface area contributed by atoms with Gasteiger partial charge in [0.05, 0.1) is 0 Å². The SMILES string of the molecule is CN=C(NCCNC(=O)OC(C)(C)C)NC1CCN(c2ccc(C)cc2)C1.I. The number of rotatable bonds is 5. The molecule has 3 N–H and O–H groups in total. The Labute approximate surface area is 185 Å². The van der Waals surface area contributed by atoms with Crippen molar-refractivity contribution in [2.45, 2.75) is 45.8 Å². The summed E-state index contributed by atoms with van der Waals surface area (Å²) in [5.74, 6) is 0.747. The van der Waals surface area contributed by atoms with E-state index in [9.17, 15) is 4.79 Å². The summed E-state index contributed by atoms with van der Waals surface area (Å²) in [6.07, 6.45) is 0.654. The molecule has 1 amide bonds. The normalized spacial score (nSPS) is 17.0. The van der Waals surface area contributed by atoms with Crippen LogP contribution in [-0.2, 0) is 4.74 Å². The zero-order valence-corrected chi connectivity index (χ0v) is 19.9. The van der Waals surface area contributed by atoms with Crippen molar-refractivity contribution < 1.29 is 9.53 Å². The summed E-state index contributed by atoms with van der Waals surface area (Å²) in [4.78, 5) is 18.3. The highest BCUT2D eigenvalue weighted by Gasteiger charge is 2.23. The summed E-state index contributed by atoms with van der Waals surface area (Å²) in [7, 11) is 1.75. The maximum atomic E-state index is 11.6. The number of hydrogen-bond acceptors (Lipinski definition) is 4. The van der Waals surface area contributed by atoms with Crippen LogP contribution in [0.2, 0.25) is 0 Å². The van der Waals surface area contributed by atoms with Crippen LogP contribution in [0.15, 0.2) is 29.3 Å². The quantitative estimate of drug-likeness (QED) is 0.249. The molecule has 1 unspecified atom stereocenters. The van der Waals surface area contributed by atoms with E-state index in [-0.39, 0.29) is 24.0 Å². The molecule has 2 rings (SSSR count). The Morgan fingerprint density at radius 1 is 1.21 bits per heavy atom. The Balaban J connectivity index is 0.00000392. The molecule has 0 aliphatic carbocycles. The Morgan fingerprint density at radius 2 is 1.86 bits per heavy atom. The molecule has 0 spiro atoms. The first-order valence-electron chi connectivity index (χ1n) is 9.52. The van der Waals surface area contributed by atoms with E-state index in [4.69, 9.17) is 4.74 Å². The Kier molecular flexibility index (Phi) is 9.84. The van der Waals surface area contributed by atoms with Crippen LogP contribution in [0, 0.1) is 6.92 Å². The zero-order valence-electron chi connectivity index (χ0n) is 17.5. The highest BCUT2D eigenvalue weighted by molar-refractivity contribution is 14.0. The lowest BCUT2D eigenvalue weighted by Gasteiger charge is -2.21. The molecule has 1 fully saturated rings. The van der Waals surface area contributed by atoms with Gasteiger partial charge in [-0.2, -0.15) is 0 Å². The minimum absolute atomic E-state index is 0. The number of aliphatic imine (C=N–C) groups is 1. The standard InChI is InChI=1S/C20H33N5O2.HI/c1-15-6-8-17(9-7-15)25-13-10-16(14-25)24-18(21-5)22-11-12-23-19(26)27-20(2,3)4;/h6-9,16H,10-14H2,1-5H3,(H,23,26)(H2,21,22,24);1H. The van der Waals surface area contributed by atoms with Gasteiger partial charge in [0.1, 0.15) is 5.60 Å². The van der Waals surface area contributed by atoms with E-state index in [0.717, 1.165) is 25.5 Å². The number of benzene rings is 1. The lowest BCUT2D eigenvalue weighted by molar-refractivity contribution is 0.0529. The molecule has 0 radical (unpaired) electrons. The molecular weight excluding hydrogens is 469 g/mol. The molecule has 1 heterocycles. The molecule has 8 heteroatoms. The van der Waals surface area contributed by atoms with Crippen LogP contribution in [0.4, 0.5) is 10.5 Å². The van der Waals surface area contributed by atoms with Gasteiger partial charge in [0.15, 0.2) is 5.96 Å². The summed E-state index contributed by atoms with van der Waals surface area (Å²) >= 11 is 0. The molecule has 0 aromatic heterocycles. The van der Waals surface area contributed by atoms with Crippen molar-refractivity contribution in [3.63, 3.8) is 0 Å². The van der Waals surface area contributed by atoms with Gasteiger partial charge in [-0.1, -0.05) is 17.7 Å². The summed E-state index contributed by atoms with van der Waals surface area (Å²) in [5, 5.41) is 9.41. The van der Waals surface area contributed by atoms with Crippen LogP contribution >= 0.6 is 24.0 Å². The number of hydrogen-bond donors (Lipinski definition) is 3. The lowest BCUT2D eigenvalue weighted by atomic mass is 10.2. The van der Waals surface area contributed by atoms with E-state index in [2.05, 4.69) is 57.0 Å². The summed E-state index contributed by atoms with van der Waals surface area (Å²) < 4.78 is 5.21. The van der Waals surface area contributed by atoms with E-state index in [0.29, 0.717) is 19.1 Å². The monoisotopic (exact) mass is 503 g/mol. The average molecular weight is 503 g/mol. The van der Waals surface area contributed by atoms with Gasteiger partial charge in [-0.3, -0.25) is 4.99 Å². The topological polar surface area (TPSA) is 78.0 Å². The second kappa shape index (κ2) is 11.3. The lowest BCUT2D eigenvalue weighted by Crippen LogP contribution is -2.46. The number of carbonyl (C=O) groups is 1. The Hall–Kier alpha value is -1.71. The highest BCUT2D eigenvalue weighted by Crippen LogP contribution is 2.20. The smallest absolute Gasteiger partial charge is 0.407 e.